The first-order chi connectivity index (χ1) is 13.0. The number of para-hydroxylation sites is 1. The van der Waals surface area contributed by atoms with E-state index in [-0.39, 0.29) is 25.1 Å². The smallest absolute Gasteiger partial charge is 0.325 e. The summed E-state index contributed by atoms with van der Waals surface area (Å²) in [6.07, 6.45) is 4.34. The normalized spacial score (nSPS) is 19.0. The van der Waals surface area contributed by atoms with E-state index in [1.807, 2.05) is 6.92 Å². The highest BCUT2D eigenvalue weighted by molar-refractivity contribution is 5.98. The molecule has 1 aromatic rings. The third kappa shape index (κ3) is 6.58. The van der Waals surface area contributed by atoms with Gasteiger partial charge in [-0.3, -0.25) is 14.4 Å². The lowest BCUT2D eigenvalue weighted by atomic mass is 9.86. The number of benzene rings is 1. The highest BCUT2D eigenvalue weighted by Crippen LogP contribution is 2.23. The van der Waals surface area contributed by atoms with Crippen LogP contribution in [0.2, 0.25) is 0 Å². The van der Waals surface area contributed by atoms with Gasteiger partial charge < -0.3 is 20.1 Å². The number of ether oxygens (including phenoxy) is 2. The van der Waals surface area contributed by atoms with Gasteiger partial charge in [-0.2, -0.15) is 0 Å². The topological polar surface area (TPSA) is 93.7 Å². The number of nitrogens with one attached hydrogen (secondary N) is 2. The maximum atomic E-state index is 12.2. The highest BCUT2D eigenvalue weighted by Gasteiger charge is 2.23. The van der Waals surface area contributed by atoms with E-state index in [1.165, 1.54) is 6.42 Å². The second-order valence-electron chi connectivity index (χ2n) is 6.71. The zero-order valence-corrected chi connectivity index (χ0v) is 16.0. The number of esters is 1. The Bertz CT molecular complexity index is 662. The fraction of sp³-hybridized carbons (Fsp3) is 0.550. The summed E-state index contributed by atoms with van der Waals surface area (Å²) < 4.78 is 10.3. The minimum atomic E-state index is -0.663. The van der Waals surface area contributed by atoms with Gasteiger partial charge in [-0.05, 0) is 37.8 Å². The lowest BCUT2D eigenvalue weighted by molar-refractivity contribution is -0.147. The summed E-state index contributed by atoms with van der Waals surface area (Å²) >= 11 is 0. The van der Waals surface area contributed by atoms with Crippen LogP contribution in [0, 0.1) is 5.92 Å². The predicted octanol–water partition coefficient (Wildman–Crippen LogP) is 2.05. The van der Waals surface area contributed by atoms with Crippen LogP contribution < -0.4 is 15.4 Å². The number of amides is 2. The molecule has 0 saturated heterocycles. The summed E-state index contributed by atoms with van der Waals surface area (Å²) in [5.41, 5.74) is 0.344. The zero-order valence-electron chi connectivity index (χ0n) is 16.0. The van der Waals surface area contributed by atoms with Gasteiger partial charge in [0.2, 0.25) is 0 Å². The van der Waals surface area contributed by atoms with Gasteiger partial charge in [0.1, 0.15) is 12.3 Å². The molecule has 0 radical (unpaired) electrons. The molecule has 1 aliphatic carbocycles. The van der Waals surface area contributed by atoms with Gasteiger partial charge in [-0.25, -0.2) is 0 Å². The van der Waals surface area contributed by atoms with E-state index in [1.54, 1.807) is 24.3 Å². The summed E-state index contributed by atoms with van der Waals surface area (Å²) in [7, 11) is 0. The Kier molecular flexibility index (Phi) is 8.10. The Balaban J connectivity index is 1.73. The van der Waals surface area contributed by atoms with Crippen molar-refractivity contribution in [3.05, 3.63) is 29.8 Å². The molecule has 1 aliphatic rings. The molecular formula is C20H28N2O5. The summed E-state index contributed by atoms with van der Waals surface area (Å²) in [5, 5.41) is 5.40. The first-order valence-corrected chi connectivity index (χ1v) is 9.46. The number of hydrogen-bond donors (Lipinski definition) is 2. The van der Waals surface area contributed by atoms with E-state index in [0.717, 1.165) is 19.3 Å². The summed E-state index contributed by atoms with van der Waals surface area (Å²) in [5.74, 6) is -0.523. The van der Waals surface area contributed by atoms with Crippen molar-refractivity contribution < 1.29 is 23.9 Å². The minimum Gasteiger partial charge on any atom is -0.493 e. The molecule has 0 spiro atoms. The molecule has 2 N–H and O–H groups in total. The standard InChI is InChI=1S/C20H28N2O5/c1-3-26-17-11-7-5-9-15(17)20(25)21-12-19(24)27-13-18(23)22-16-10-6-4-8-14(16)2/h5,7,9,11,14,16H,3-4,6,8,10,12-13H2,1-2H3,(H,21,25)(H,22,23). The van der Waals surface area contributed by atoms with Crippen molar-refractivity contribution >= 4 is 17.8 Å². The van der Waals surface area contributed by atoms with E-state index in [2.05, 4.69) is 17.6 Å². The van der Waals surface area contributed by atoms with Crippen molar-refractivity contribution in [3.8, 4) is 5.75 Å². The number of hydrogen-bond acceptors (Lipinski definition) is 5. The van der Waals surface area contributed by atoms with Crippen LogP contribution in [0.25, 0.3) is 0 Å². The average molecular weight is 376 g/mol. The number of carbonyl (C=O) groups is 3. The van der Waals surface area contributed by atoms with Crippen LogP contribution in [-0.2, 0) is 14.3 Å². The molecule has 2 amide bonds. The average Bonchev–Trinajstić information content (AvgIpc) is 2.67. The minimum absolute atomic E-state index is 0.139. The van der Waals surface area contributed by atoms with Crippen LogP contribution in [0.4, 0.5) is 0 Å². The van der Waals surface area contributed by atoms with Gasteiger partial charge in [0.25, 0.3) is 11.8 Å². The molecule has 0 heterocycles. The molecule has 7 nitrogen and oxygen atoms in total. The third-order valence-electron chi connectivity index (χ3n) is 4.65. The van der Waals surface area contributed by atoms with Crippen molar-refractivity contribution in [2.24, 2.45) is 5.92 Å². The van der Waals surface area contributed by atoms with Crippen LogP contribution in [0.1, 0.15) is 49.9 Å². The number of rotatable bonds is 8. The van der Waals surface area contributed by atoms with E-state index >= 15 is 0 Å². The molecule has 0 bridgehead atoms. The summed E-state index contributed by atoms with van der Waals surface area (Å²) in [6, 6.07) is 6.92. The van der Waals surface area contributed by atoms with Crippen LogP contribution >= 0.6 is 0 Å². The Hall–Kier alpha value is -2.57. The summed E-state index contributed by atoms with van der Waals surface area (Å²) in [6.45, 7) is 3.72. The molecule has 2 rings (SSSR count). The highest BCUT2D eigenvalue weighted by atomic mass is 16.5. The predicted molar refractivity (Wildman–Crippen MR) is 100 cm³/mol. The van der Waals surface area contributed by atoms with Crippen molar-refractivity contribution in [2.75, 3.05) is 19.8 Å². The van der Waals surface area contributed by atoms with Gasteiger partial charge in [-0.15, -0.1) is 0 Å². The van der Waals surface area contributed by atoms with Crippen molar-refractivity contribution in [1.82, 2.24) is 10.6 Å². The van der Waals surface area contributed by atoms with Gasteiger partial charge >= 0.3 is 5.97 Å². The molecule has 2 unspecified atom stereocenters. The second kappa shape index (κ2) is 10.5. The van der Waals surface area contributed by atoms with E-state index < -0.39 is 11.9 Å². The van der Waals surface area contributed by atoms with E-state index in [4.69, 9.17) is 9.47 Å². The maximum Gasteiger partial charge on any atom is 0.325 e. The molecule has 0 aliphatic heterocycles. The van der Waals surface area contributed by atoms with Crippen LogP contribution in [-0.4, -0.2) is 43.6 Å². The maximum absolute atomic E-state index is 12.2. The van der Waals surface area contributed by atoms with Crippen LogP contribution in [0.3, 0.4) is 0 Å². The molecule has 1 aromatic carbocycles. The molecule has 148 valence electrons. The van der Waals surface area contributed by atoms with Crippen LogP contribution in [0.15, 0.2) is 24.3 Å². The molecule has 1 fully saturated rings. The zero-order chi connectivity index (χ0) is 19.6. The molecule has 7 heteroatoms. The molecule has 0 aromatic heterocycles. The lowest BCUT2D eigenvalue weighted by Crippen LogP contribution is -2.43. The Morgan fingerprint density at radius 3 is 2.63 bits per heavy atom. The quantitative estimate of drug-likeness (QED) is 0.678. The lowest BCUT2D eigenvalue weighted by Gasteiger charge is -2.29. The Morgan fingerprint density at radius 1 is 1.15 bits per heavy atom. The van der Waals surface area contributed by atoms with Crippen LogP contribution in [0.5, 0.6) is 5.75 Å². The first kappa shape index (κ1) is 20.7. The van der Waals surface area contributed by atoms with Crippen molar-refractivity contribution in [1.29, 1.82) is 0 Å². The van der Waals surface area contributed by atoms with Crippen molar-refractivity contribution in [2.45, 2.75) is 45.6 Å². The fourth-order valence-corrected chi connectivity index (χ4v) is 3.16. The second-order valence-corrected chi connectivity index (χ2v) is 6.71. The molecule has 2 atom stereocenters. The van der Waals surface area contributed by atoms with E-state index in [0.29, 0.717) is 23.8 Å². The molecular weight excluding hydrogens is 348 g/mol. The fourth-order valence-electron chi connectivity index (χ4n) is 3.16. The van der Waals surface area contributed by atoms with Gasteiger partial charge in [0, 0.05) is 6.04 Å². The van der Waals surface area contributed by atoms with Crippen molar-refractivity contribution in [3.63, 3.8) is 0 Å². The largest absolute Gasteiger partial charge is 0.493 e. The monoisotopic (exact) mass is 376 g/mol. The van der Waals surface area contributed by atoms with E-state index in [9.17, 15) is 14.4 Å². The van der Waals surface area contributed by atoms with Gasteiger partial charge in [0.15, 0.2) is 6.61 Å². The summed E-state index contributed by atoms with van der Waals surface area (Å²) in [4.78, 5) is 36.0. The Labute approximate surface area is 159 Å². The third-order valence-corrected chi connectivity index (χ3v) is 4.65. The first-order valence-electron chi connectivity index (χ1n) is 9.46. The Morgan fingerprint density at radius 2 is 1.89 bits per heavy atom. The SMILES string of the molecule is CCOc1ccccc1C(=O)NCC(=O)OCC(=O)NC1CCCCC1C. The molecule has 1 saturated carbocycles. The van der Waals surface area contributed by atoms with Gasteiger partial charge in [0.05, 0.1) is 12.2 Å². The molecule has 27 heavy (non-hydrogen) atoms. The van der Waals surface area contributed by atoms with Gasteiger partial charge in [-0.1, -0.05) is 31.9 Å². The number of carbonyl (C=O) groups excluding carboxylic acids is 3.